The van der Waals surface area contributed by atoms with Crippen molar-refractivity contribution in [2.75, 3.05) is 13.1 Å². The maximum atomic E-state index is 12.5. The van der Waals surface area contributed by atoms with Crippen LogP contribution in [0.4, 0.5) is 4.79 Å². The monoisotopic (exact) mass is 355 g/mol. The van der Waals surface area contributed by atoms with Crippen LogP contribution in [-0.2, 0) is 30.7 Å². The molecule has 1 aliphatic heterocycles. The normalized spacial score (nSPS) is 19.4. The highest BCUT2D eigenvalue weighted by Crippen LogP contribution is 2.22. The highest BCUT2D eigenvalue weighted by atomic mass is 16.5. The minimum absolute atomic E-state index is 0.0362. The van der Waals surface area contributed by atoms with Gasteiger partial charge in [0.1, 0.15) is 0 Å². The molecule has 3 heterocycles. The fourth-order valence-electron chi connectivity index (χ4n) is 3.75. The summed E-state index contributed by atoms with van der Waals surface area (Å²) < 4.78 is 5.96. The second-order valence-electron chi connectivity index (χ2n) is 6.98. The number of pyridine rings is 1. The molecule has 1 aliphatic carbocycles. The molecule has 0 spiro atoms. The molecule has 0 saturated carbocycles. The number of aryl methyl sites for hydroxylation is 1. The lowest BCUT2D eigenvalue weighted by Gasteiger charge is -2.32. The first-order valence-corrected chi connectivity index (χ1v) is 9.39. The van der Waals surface area contributed by atoms with Crippen LogP contribution in [0, 0.1) is 0 Å². The number of piperidine rings is 1. The summed E-state index contributed by atoms with van der Waals surface area (Å²) in [5.41, 5.74) is 4.42. The number of aromatic amines is 1. The summed E-state index contributed by atoms with van der Waals surface area (Å²) in [5.74, 6) is 0. The van der Waals surface area contributed by atoms with Gasteiger partial charge in [-0.05, 0) is 49.8 Å². The van der Waals surface area contributed by atoms with E-state index in [0.717, 1.165) is 43.6 Å². The Morgan fingerprint density at radius 2 is 2.31 bits per heavy atom. The summed E-state index contributed by atoms with van der Waals surface area (Å²) in [6.45, 7) is 2.37. The quantitative estimate of drug-likeness (QED) is 0.861. The number of rotatable bonds is 5. The zero-order valence-corrected chi connectivity index (χ0v) is 14.9. The molecular formula is C19H25N5O2. The Labute approximate surface area is 153 Å². The number of likely N-dealkylation sites (tertiary alicyclic amines) is 1. The lowest BCUT2D eigenvalue weighted by atomic mass is 10.1. The van der Waals surface area contributed by atoms with E-state index in [1.807, 2.05) is 23.1 Å². The van der Waals surface area contributed by atoms with E-state index in [4.69, 9.17) is 4.74 Å². The first-order valence-electron chi connectivity index (χ1n) is 9.39. The zero-order valence-electron chi connectivity index (χ0n) is 14.9. The van der Waals surface area contributed by atoms with Gasteiger partial charge in [-0.3, -0.25) is 10.1 Å². The Balaban J connectivity index is 1.26. The van der Waals surface area contributed by atoms with Crippen molar-refractivity contribution in [3.63, 3.8) is 0 Å². The Morgan fingerprint density at radius 1 is 1.35 bits per heavy atom. The molecule has 138 valence electrons. The molecule has 7 heteroatoms. The Kier molecular flexibility index (Phi) is 5.15. The molecule has 2 aromatic rings. The molecule has 4 rings (SSSR count). The molecular weight excluding hydrogens is 330 g/mol. The summed E-state index contributed by atoms with van der Waals surface area (Å²) in [6, 6.07) is 5.77. The van der Waals surface area contributed by atoms with Gasteiger partial charge in [0.2, 0.25) is 0 Å². The second kappa shape index (κ2) is 7.86. The van der Waals surface area contributed by atoms with Gasteiger partial charge in [0.05, 0.1) is 30.6 Å². The molecule has 2 aliphatic rings. The van der Waals surface area contributed by atoms with Crippen molar-refractivity contribution in [1.29, 1.82) is 0 Å². The Hall–Kier alpha value is -2.41. The SMILES string of the molecule is O=C(NCc1n[nH]c2c1CCC2)N1CCC[C@@H](OCc2ccccn2)C1. The van der Waals surface area contributed by atoms with Crippen LogP contribution in [0.5, 0.6) is 0 Å². The van der Waals surface area contributed by atoms with Gasteiger partial charge in [-0.15, -0.1) is 0 Å². The van der Waals surface area contributed by atoms with Gasteiger partial charge in [-0.1, -0.05) is 6.07 Å². The number of fused-ring (bicyclic) bond motifs is 1. The molecule has 2 N–H and O–H groups in total. The standard InChI is InChI=1S/C19H25N5O2/c25-19(21-11-18-16-7-3-8-17(16)22-23-18)24-10-4-6-15(12-24)26-13-14-5-1-2-9-20-14/h1-2,5,9,15H,3-4,6-8,10-13H2,(H,21,25)(H,22,23)/t15-/m1/s1. The molecule has 1 saturated heterocycles. The number of H-pyrrole nitrogens is 1. The van der Waals surface area contributed by atoms with Crippen LogP contribution >= 0.6 is 0 Å². The van der Waals surface area contributed by atoms with E-state index in [2.05, 4.69) is 20.5 Å². The number of nitrogens with zero attached hydrogens (tertiary/aromatic N) is 3. The largest absolute Gasteiger partial charge is 0.370 e. The predicted molar refractivity (Wildman–Crippen MR) is 96.5 cm³/mol. The van der Waals surface area contributed by atoms with Gasteiger partial charge >= 0.3 is 6.03 Å². The smallest absolute Gasteiger partial charge is 0.317 e. The van der Waals surface area contributed by atoms with Crippen LogP contribution in [-0.4, -0.2) is 45.3 Å². The number of hydrogen-bond donors (Lipinski definition) is 2. The molecule has 7 nitrogen and oxygen atoms in total. The molecule has 2 amide bonds. The zero-order chi connectivity index (χ0) is 17.8. The van der Waals surface area contributed by atoms with Crippen LogP contribution in [0.2, 0.25) is 0 Å². The molecule has 0 radical (unpaired) electrons. The molecule has 1 atom stereocenters. The van der Waals surface area contributed by atoms with Gasteiger partial charge in [0, 0.05) is 25.0 Å². The van der Waals surface area contributed by atoms with E-state index in [0.29, 0.717) is 19.7 Å². The first-order chi connectivity index (χ1) is 12.8. The molecule has 0 aromatic carbocycles. The summed E-state index contributed by atoms with van der Waals surface area (Å²) >= 11 is 0. The second-order valence-corrected chi connectivity index (χ2v) is 6.98. The van der Waals surface area contributed by atoms with E-state index >= 15 is 0 Å². The summed E-state index contributed by atoms with van der Waals surface area (Å²) in [5, 5.41) is 10.4. The predicted octanol–water partition coefficient (Wildman–Crippen LogP) is 2.18. The van der Waals surface area contributed by atoms with Gasteiger partial charge in [0.25, 0.3) is 0 Å². The number of urea groups is 1. The number of amides is 2. The fraction of sp³-hybridized carbons (Fsp3) is 0.526. The number of ether oxygens (including phenoxy) is 1. The minimum Gasteiger partial charge on any atom is -0.370 e. The van der Waals surface area contributed by atoms with Crippen molar-refractivity contribution in [3.8, 4) is 0 Å². The maximum Gasteiger partial charge on any atom is 0.317 e. The maximum absolute atomic E-state index is 12.5. The van der Waals surface area contributed by atoms with Crippen molar-refractivity contribution in [3.05, 3.63) is 47.0 Å². The number of carbonyl (C=O) groups excluding carboxylic acids is 1. The van der Waals surface area contributed by atoms with E-state index in [9.17, 15) is 4.79 Å². The number of carbonyl (C=O) groups is 1. The van der Waals surface area contributed by atoms with Crippen molar-refractivity contribution < 1.29 is 9.53 Å². The summed E-state index contributed by atoms with van der Waals surface area (Å²) in [7, 11) is 0. The summed E-state index contributed by atoms with van der Waals surface area (Å²) in [6.07, 6.45) is 7.06. The van der Waals surface area contributed by atoms with Gasteiger partial charge in [0.15, 0.2) is 0 Å². The highest BCUT2D eigenvalue weighted by molar-refractivity contribution is 5.74. The van der Waals surface area contributed by atoms with E-state index < -0.39 is 0 Å². The van der Waals surface area contributed by atoms with E-state index in [1.54, 1.807) is 6.20 Å². The van der Waals surface area contributed by atoms with Gasteiger partial charge < -0.3 is 15.0 Å². The third kappa shape index (κ3) is 3.88. The first kappa shape index (κ1) is 17.0. The lowest BCUT2D eigenvalue weighted by Crippen LogP contribution is -2.47. The molecule has 1 fully saturated rings. The van der Waals surface area contributed by atoms with Crippen LogP contribution in [0.3, 0.4) is 0 Å². The average Bonchev–Trinajstić information content (AvgIpc) is 3.30. The number of nitrogens with one attached hydrogen (secondary N) is 2. The van der Waals surface area contributed by atoms with Crippen LogP contribution in [0.25, 0.3) is 0 Å². The van der Waals surface area contributed by atoms with Crippen LogP contribution in [0.15, 0.2) is 24.4 Å². The Morgan fingerprint density at radius 3 is 3.19 bits per heavy atom. The van der Waals surface area contributed by atoms with Crippen molar-refractivity contribution in [2.24, 2.45) is 0 Å². The van der Waals surface area contributed by atoms with Gasteiger partial charge in [-0.25, -0.2) is 4.79 Å². The van der Waals surface area contributed by atoms with Gasteiger partial charge in [-0.2, -0.15) is 5.10 Å². The summed E-state index contributed by atoms with van der Waals surface area (Å²) in [4.78, 5) is 18.6. The average molecular weight is 355 g/mol. The highest BCUT2D eigenvalue weighted by Gasteiger charge is 2.25. The number of aromatic nitrogens is 3. The van der Waals surface area contributed by atoms with Crippen molar-refractivity contribution >= 4 is 6.03 Å². The van der Waals surface area contributed by atoms with Crippen LogP contribution < -0.4 is 5.32 Å². The molecule has 0 bridgehead atoms. The molecule has 26 heavy (non-hydrogen) atoms. The third-order valence-corrected chi connectivity index (χ3v) is 5.16. The van der Waals surface area contributed by atoms with Crippen LogP contribution in [0.1, 0.15) is 41.9 Å². The number of hydrogen-bond acceptors (Lipinski definition) is 4. The van der Waals surface area contributed by atoms with E-state index in [-0.39, 0.29) is 12.1 Å². The lowest BCUT2D eigenvalue weighted by molar-refractivity contribution is -0.00169. The Bertz CT molecular complexity index is 746. The molecule has 0 unspecified atom stereocenters. The van der Waals surface area contributed by atoms with Crippen molar-refractivity contribution in [1.82, 2.24) is 25.4 Å². The molecule has 2 aromatic heterocycles. The minimum atomic E-state index is -0.0362. The topological polar surface area (TPSA) is 83.1 Å². The third-order valence-electron chi connectivity index (χ3n) is 5.16. The van der Waals surface area contributed by atoms with Crippen molar-refractivity contribution in [2.45, 2.75) is 51.4 Å². The fourth-order valence-corrected chi connectivity index (χ4v) is 3.75. The van der Waals surface area contributed by atoms with E-state index in [1.165, 1.54) is 17.7 Å².